The number of carbonyl (C=O) groups is 2. The molecule has 2 amide bonds. The van der Waals surface area contributed by atoms with Crippen molar-refractivity contribution in [2.24, 2.45) is 0 Å². The van der Waals surface area contributed by atoms with E-state index in [4.69, 9.17) is 0 Å². The van der Waals surface area contributed by atoms with Crippen molar-refractivity contribution in [3.05, 3.63) is 53.6 Å². The molecule has 0 spiro atoms. The molecule has 3 rings (SSSR count). The molecule has 0 unspecified atom stereocenters. The lowest BCUT2D eigenvalue weighted by atomic mass is 10.1. The number of nitrogens with one attached hydrogen (secondary N) is 2. The van der Waals surface area contributed by atoms with Gasteiger partial charge in [-0.25, -0.2) is 0 Å². The zero-order valence-electron chi connectivity index (χ0n) is 14.1. The maximum atomic E-state index is 12.5. The van der Waals surface area contributed by atoms with Crippen molar-refractivity contribution in [3.63, 3.8) is 0 Å². The number of carbonyl (C=O) groups excluding carboxylic acids is 2. The molecule has 0 bridgehead atoms. The highest BCUT2D eigenvalue weighted by molar-refractivity contribution is 6.00. The van der Waals surface area contributed by atoms with Crippen LogP contribution < -0.4 is 5.32 Å². The molecule has 128 valence electrons. The largest absolute Gasteiger partial charge is 0.332 e. The Morgan fingerprint density at radius 2 is 1.88 bits per heavy atom. The summed E-state index contributed by atoms with van der Waals surface area (Å²) in [5.74, 6) is -0.483. The lowest BCUT2D eigenvalue weighted by molar-refractivity contribution is -0.116. The summed E-state index contributed by atoms with van der Waals surface area (Å²) in [6.07, 6.45) is 0.822. The maximum absolute atomic E-state index is 12.5. The summed E-state index contributed by atoms with van der Waals surface area (Å²) in [5, 5.41) is 13.3. The van der Waals surface area contributed by atoms with Gasteiger partial charge in [0.25, 0.3) is 5.91 Å². The minimum absolute atomic E-state index is 0.0340. The van der Waals surface area contributed by atoms with E-state index in [1.807, 2.05) is 31.2 Å². The smallest absolute Gasteiger partial charge is 0.254 e. The third-order valence-corrected chi connectivity index (χ3v) is 3.96. The molecule has 0 aliphatic rings. The SMILES string of the molecule is CCc1ccccc1NC(=O)CN(C)C(=O)c1ccc2n[nH]nc2c1. The zero-order valence-corrected chi connectivity index (χ0v) is 14.1. The summed E-state index contributed by atoms with van der Waals surface area (Å²) in [5.41, 5.74) is 3.60. The number of benzene rings is 2. The summed E-state index contributed by atoms with van der Waals surface area (Å²) in [4.78, 5) is 26.2. The number of para-hydroxylation sites is 1. The highest BCUT2D eigenvalue weighted by Crippen LogP contribution is 2.16. The van der Waals surface area contributed by atoms with E-state index >= 15 is 0 Å². The van der Waals surface area contributed by atoms with Gasteiger partial charge in [0.1, 0.15) is 11.0 Å². The number of likely N-dealkylation sites (N-methyl/N-ethyl adjacent to an activating group) is 1. The first-order chi connectivity index (χ1) is 12.1. The number of aryl methyl sites for hydroxylation is 1. The van der Waals surface area contributed by atoms with Crippen LogP contribution in [-0.4, -0.2) is 45.7 Å². The van der Waals surface area contributed by atoms with E-state index < -0.39 is 0 Å². The average molecular weight is 337 g/mol. The van der Waals surface area contributed by atoms with Crippen molar-refractivity contribution in [3.8, 4) is 0 Å². The topological polar surface area (TPSA) is 91.0 Å². The predicted molar refractivity (Wildman–Crippen MR) is 95.3 cm³/mol. The first kappa shape index (κ1) is 16.6. The first-order valence-corrected chi connectivity index (χ1v) is 8.02. The molecule has 0 saturated heterocycles. The third kappa shape index (κ3) is 3.65. The molecule has 1 aromatic heterocycles. The van der Waals surface area contributed by atoms with Crippen LogP contribution in [-0.2, 0) is 11.2 Å². The predicted octanol–water partition coefficient (Wildman–Crippen LogP) is 2.23. The lowest BCUT2D eigenvalue weighted by Gasteiger charge is -2.17. The first-order valence-electron chi connectivity index (χ1n) is 8.02. The van der Waals surface area contributed by atoms with E-state index in [2.05, 4.69) is 20.7 Å². The second kappa shape index (κ2) is 7.12. The monoisotopic (exact) mass is 337 g/mol. The number of aromatic nitrogens is 3. The van der Waals surface area contributed by atoms with Gasteiger partial charge in [0.15, 0.2) is 0 Å². The molecule has 7 nitrogen and oxygen atoms in total. The summed E-state index contributed by atoms with van der Waals surface area (Å²) in [6, 6.07) is 12.7. The van der Waals surface area contributed by atoms with E-state index in [0.717, 1.165) is 17.7 Å². The molecule has 2 N–H and O–H groups in total. The van der Waals surface area contributed by atoms with E-state index in [0.29, 0.717) is 16.6 Å². The van der Waals surface area contributed by atoms with Crippen LogP contribution in [0.5, 0.6) is 0 Å². The van der Waals surface area contributed by atoms with Crippen molar-refractivity contribution in [2.45, 2.75) is 13.3 Å². The van der Waals surface area contributed by atoms with Gasteiger partial charge in [-0.3, -0.25) is 9.59 Å². The molecular weight excluding hydrogens is 318 g/mol. The van der Waals surface area contributed by atoms with Gasteiger partial charge < -0.3 is 10.2 Å². The van der Waals surface area contributed by atoms with Gasteiger partial charge in [0.05, 0.1) is 6.54 Å². The van der Waals surface area contributed by atoms with Crippen LogP contribution in [0.4, 0.5) is 5.69 Å². The third-order valence-electron chi connectivity index (χ3n) is 3.96. The standard InChI is InChI=1S/C18H19N5O2/c1-3-12-6-4-5-7-14(12)19-17(24)11-23(2)18(25)13-8-9-15-16(10-13)21-22-20-15/h4-10H,3,11H2,1-2H3,(H,19,24)(H,20,21,22). The minimum Gasteiger partial charge on any atom is -0.332 e. The van der Waals surface area contributed by atoms with E-state index in [-0.39, 0.29) is 18.4 Å². The molecule has 0 aliphatic heterocycles. The molecule has 0 saturated carbocycles. The number of amides is 2. The summed E-state index contributed by atoms with van der Waals surface area (Å²) < 4.78 is 0. The molecule has 0 fully saturated rings. The molecule has 1 heterocycles. The quantitative estimate of drug-likeness (QED) is 0.747. The number of rotatable bonds is 5. The normalized spacial score (nSPS) is 10.6. The Kier molecular flexibility index (Phi) is 4.74. The van der Waals surface area contributed by atoms with Crippen LogP contribution in [0.25, 0.3) is 11.0 Å². The van der Waals surface area contributed by atoms with Gasteiger partial charge in [-0.2, -0.15) is 15.4 Å². The average Bonchev–Trinajstić information content (AvgIpc) is 3.09. The summed E-state index contributed by atoms with van der Waals surface area (Å²) >= 11 is 0. The van der Waals surface area contributed by atoms with E-state index in [1.165, 1.54) is 4.90 Å². The molecule has 0 aliphatic carbocycles. The van der Waals surface area contributed by atoms with Crippen molar-refractivity contribution >= 4 is 28.5 Å². The number of anilines is 1. The highest BCUT2D eigenvalue weighted by atomic mass is 16.2. The molecular formula is C18H19N5O2. The Hall–Kier alpha value is -3.22. The minimum atomic E-state index is -0.246. The van der Waals surface area contributed by atoms with Crippen LogP contribution in [0.1, 0.15) is 22.8 Å². The summed E-state index contributed by atoms with van der Waals surface area (Å²) in [6.45, 7) is 1.99. The van der Waals surface area contributed by atoms with E-state index in [9.17, 15) is 9.59 Å². The van der Waals surface area contributed by atoms with Crippen molar-refractivity contribution < 1.29 is 9.59 Å². The number of H-pyrrole nitrogens is 1. The van der Waals surface area contributed by atoms with Gasteiger partial charge in [-0.1, -0.05) is 25.1 Å². The Labute approximate surface area is 145 Å². The van der Waals surface area contributed by atoms with Crippen molar-refractivity contribution in [1.29, 1.82) is 0 Å². The molecule has 7 heteroatoms. The molecule has 0 radical (unpaired) electrons. The molecule has 25 heavy (non-hydrogen) atoms. The van der Waals surface area contributed by atoms with Gasteiger partial charge in [-0.15, -0.1) is 0 Å². The van der Waals surface area contributed by atoms with Crippen molar-refractivity contribution in [1.82, 2.24) is 20.3 Å². The van der Waals surface area contributed by atoms with Gasteiger partial charge in [0.2, 0.25) is 5.91 Å². The number of nitrogens with zero attached hydrogens (tertiary/aromatic N) is 3. The Morgan fingerprint density at radius 1 is 1.12 bits per heavy atom. The highest BCUT2D eigenvalue weighted by Gasteiger charge is 2.16. The molecule has 2 aromatic carbocycles. The van der Waals surface area contributed by atoms with Gasteiger partial charge >= 0.3 is 0 Å². The second-order valence-electron chi connectivity index (χ2n) is 5.75. The lowest BCUT2D eigenvalue weighted by Crippen LogP contribution is -2.35. The van der Waals surface area contributed by atoms with Crippen LogP contribution in [0.2, 0.25) is 0 Å². The van der Waals surface area contributed by atoms with Crippen LogP contribution in [0, 0.1) is 0 Å². The Morgan fingerprint density at radius 3 is 2.68 bits per heavy atom. The fourth-order valence-corrected chi connectivity index (χ4v) is 2.62. The van der Waals surface area contributed by atoms with Crippen LogP contribution in [0.15, 0.2) is 42.5 Å². The number of aromatic amines is 1. The summed E-state index contributed by atoms with van der Waals surface area (Å²) in [7, 11) is 1.60. The van der Waals surface area contributed by atoms with Gasteiger partial charge in [-0.05, 0) is 36.2 Å². The van der Waals surface area contributed by atoms with Crippen LogP contribution >= 0.6 is 0 Å². The number of hydrogen-bond acceptors (Lipinski definition) is 4. The fourth-order valence-electron chi connectivity index (χ4n) is 2.62. The molecule has 3 aromatic rings. The Balaban J connectivity index is 1.67. The van der Waals surface area contributed by atoms with Crippen LogP contribution in [0.3, 0.4) is 0 Å². The Bertz CT molecular complexity index is 918. The number of hydrogen-bond donors (Lipinski definition) is 2. The second-order valence-corrected chi connectivity index (χ2v) is 5.75. The van der Waals surface area contributed by atoms with Gasteiger partial charge in [0, 0.05) is 18.3 Å². The van der Waals surface area contributed by atoms with Crippen molar-refractivity contribution in [2.75, 3.05) is 18.9 Å². The van der Waals surface area contributed by atoms with E-state index in [1.54, 1.807) is 25.2 Å². The fraction of sp³-hybridized carbons (Fsp3) is 0.222. The molecule has 0 atom stereocenters. The number of fused-ring (bicyclic) bond motifs is 1. The zero-order chi connectivity index (χ0) is 17.8. The maximum Gasteiger partial charge on any atom is 0.254 e.